The van der Waals surface area contributed by atoms with E-state index in [1.807, 2.05) is 6.07 Å². The number of guanidine groups is 1. The number of aliphatic imine (C=N–C) groups is 1. The Morgan fingerprint density at radius 1 is 1.22 bits per heavy atom. The van der Waals surface area contributed by atoms with Crippen molar-refractivity contribution in [3.63, 3.8) is 0 Å². The van der Waals surface area contributed by atoms with E-state index >= 15 is 0 Å². The van der Waals surface area contributed by atoms with Crippen LogP contribution in [-0.4, -0.2) is 44.1 Å². The van der Waals surface area contributed by atoms with E-state index in [-0.39, 0.29) is 29.8 Å². The van der Waals surface area contributed by atoms with Gasteiger partial charge in [0.1, 0.15) is 5.82 Å². The van der Waals surface area contributed by atoms with Gasteiger partial charge in [-0.2, -0.15) is 0 Å². The highest BCUT2D eigenvalue weighted by Crippen LogP contribution is 2.09. The van der Waals surface area contributed by atoms with Crippen LogP contribution in [0.5, 0.6) is 0 Å². The van der Waals surface area contributed by atoms with Crippen molar-refractivity contribution in [2.24, 2.45) is 4.99 Å². The van der Waals surface area contributed by atoms with Gasteiger partial charge in [0.15, 0.2) is 5.96 Å². The van der Waals surface area contributed by atoms with Crippen LogP contribution in [-0.2, 0) is 6.54 Å². The minimum absolute atomic E-state index is 0. The number of halogens is 2. The number of piperidine rings is 1. The molecule has 0 aliphatic carbocycles. The molecule has 1 aromatic carbocycles. The number of benzene rings is 1. The Labute approximate surface area is 156 Å². The second-order valence-corrected chi connectivity index (χ2v) is 5.84. The monoisotopic (exact) mass is 434 g/mol. The average Bonchev–Trinajstić information content (AvgIpc) is 2.55. The summed E-state index contributed by atoms with van der Waals surface area (Å²) in [7, 11) is 1.77. The molecular formula is C17H28FIN4. The number of nitrogens with zero attached hydrogens (tertiary/aromatic N) is 2. The number of likely N-dealkylation sites (tertiary alicyclic amines) is 1. The Morgan fingerprint density at radius 2 is 1.96 bits per heavy atom. The van der Waals surface area contributed by atoms with Crippen molar-refractivity contribution < 1.29 is 4.39 Å². The summed E-state index contributed by atoms with van der Waals surface area (Å²) < 4.78 is 13.2. The maximum atomic E-state index is 13.2. The molecule has 4 nitrogen and oxygen atoms in total. The second kappa shape index (κ2) is 10.8. The van der Waals surface area contributed by atoms with Crippen molar-refractivity contribution in [3.05, 3.63) is 35.1 Å². The molecule has 0 spiro atoms. The van der Waals surface area contributed by atoms with Gasteiger partial charge in [-0.3, -0.25) is 4.99 Å². The first-order valence-electron chi connectivity index (χ1n) is 8.11. The van der Waals surface area contributed by atoms with Gasteiger partial charge in [0.2, 0.25) is 0 Å². The van der Waals surface area contributed by atoms with Gasteiger partial charge in [0.25, 0.3) is 0 Å². The van der Waals surface area contributed by atoms with Gasteiger partial charge in [-0.1, -0.05) is 18.6 Å². The Kier molecular flexibility index (Phi) is 9.47. The van der Waals surface area contributed by atoms with Crippen LogP contribution in [0.25, 0.3) is 0 Å². The van der Waals surface area contributed by atoms with Crippen LogP contribution in [0, 0.1) is 12.7 Å². The van der Waals surface area contributed by atoms with Crippen LogP contribution in [0.3, 0.4) is 0 Å². The first-order chi connectivity index (χ1) is 10.7. The van der Waals surface area contributed by atoms with Crippen molar-refractivity contribution in [2.75, 3.05) is 33.2 Å². The molecule has 6 heteroatoms. The summed E-state index contributed by atoms with van der Waals surface area (Å²) in [6.45, 7) is 6.79. The van der Waals surface area contributed by atoms with E-state index in [1.54, 1.807) is 20.0 Å². The average molecular weight is 434 g/mol. The summed E-state index contributed by atoms with van der Waals surface area (Å²) in [6, 6.07) is 5.18. The maximum absolute atomic E-state index is 13.2. The van der Waals surface area contributed by atoms with Crippen LogP contribution < -0.4 is 10.6 Å². The summed E-state index contributed by atoms with van der Waals surface area (Å²) >= 11 is 0. The SMILES string of the molecule is CN=C(NCCN1CCCCC1)NCc1ccc(F)c(C)c1.I. The van der Waals surface area contributed by atoms with Crippen LogP contribution >= 0.6 is 24.0 Å². The predicted octanol–water partition coefficient (Wildman–Crippen LogP) is 2.90. The van der Waals surface area contributed by atoms with Gasteiger partial charge >= 0.3 is 0 Å². The van der Waals surface area contributed by atoms with E-state index < -0.39 is 0 Å². The quantitative estimate of drug-likeness (QED) is 0.426. The normalized spacial score (nSPS) is 15.9. The molecule has 2 rings (SSSR count). The lowest BCUT2D eigenvalue weighted by Gasteiger charge is -2.26. The molecule has 0 atom stereocenters. The van der Waals surface area contributed by atoms with Crippen molar-refractivity contribution >= 4 is 29.9 Å². The molecule has 0 amide bonds. The Morgan fingerprint density at radius 3 is 2.61 bits per heavy atom. The molecule has 0 saturated carbocycles. The number of aryl methyl sites for hydroxylation is 1. The summed E-state index contributed by atoms with van der Waals surface area (Å²) in [5, 5.41) is 6.60. The lowest BCUT2D eigenvalue weighted by Crippen LogP contribution is -2.42. The minimum atomic E-state index is -0.159. The van der Waals surface area contributed by atoms with Gasteiger partial charge in [-0.05, 0) is 50.0 Å². The first-order valence-corrected chi connectivity index (χ1v) is 8.11. The molecular weight excluding hydrogens is 406 g/mol. The van der Waals surface area contributed by atoms with Crippen LogP contribution in [0.1, 0.15) is 30.4 Å². The number of nitrogens with one attached hydrogen (secondary N) is 2. The molecule has 2 N–H and O–H groups in total. The minimum Gasteiger partial charge on any atom is -0.355 e. The van der Waals surface area contributed by atoms with Crippen molar-refractivity contribution in [2.45, 2.75) is 32.7 Å². The van der Waals surface area contributed by atoms with E-state index in [2.05, 4.69) is 20.5 Å². The summed E-state index contributed by atoms with van der Waals surface area (Å²) in [5.41, 5.74) is 1.73. The van der Waals surface area contributed by atoms with E-state index in [4.69, 9.17) is 0 Å². The molecule has 1 aromatic rings. The molecule has 1 fully saturated rings. The van der Waals surface area contributed by atoms with Crippen LogP contribution in [0.4, 0.5) is 4.39 Å². The van der Waals surface area contributed by atoms with E-state index in [1.165, 1.54) is 38.4 Å². The molecule has 1 aliphatic heterocycles. The zero-order chi connectivity index (χ0) is 15.8. The smallest absolute Gasteiger partial charge is 0.191 e. The van der Waals surface area contributed by atoms with Crippen molar-refractivity contribution in [3.8, 4) is 0 Å². The fraction of sp³-hybridized carbons (Fsp3) is 0.588. The molecule has 1 aliphatic rings. The summed E-state index contributed by atoms with van der Waals surface area (Å²) in [6.07, 6.45) is 4.00. The molecule has 0 bridgehead atoms. The first kappa shape index (κ1) is 20.2. The lowest BCUT2D eigenvalue weighted by atomic mass is 10.1. The Hall–Kier alpha value is -0.890. The molecule has 1 saturated heterocycles. The predicted molar refractivity (Wildman–Crippen MR) is 105 cm³/mol. The second-order valence-electron chi connectivity index (χ2n) is 5.84. The number of hydrogen-bond donors (Lipinski definition) is 2. The Balaban J connectivity index is 0.00000264. The van der Waals surface area contributed by atoms with Gasteiger partial charge in [-0.15, -0.1) is 24.0 Å². The van der Waals surface area contributed by atoms with E-state index in [9.17, 15) is 4.39 Å². The zero-order valence-electron chi connectivity index (χ0n) is 14.1. The third kappa shape index (κ3) is 7.03. The number of hydrogen-bond acceptors (Lipinski definition) is 2. The fourth-order valence-electron chi connectivity index (χ4n) is 2.74. The molecule has 23 heavy (non-hydrogen) atoms. The van der Waals surface area contributed by atoms with Crippen molar-refractivity contribution in [1.29, 1.82) is 0 Å². The third-order valence-electron chi connectivity index (χ3n) is 4.08. The van der Waals surface area contributed by atoms with Crippen LogP contribution in [0.15, 0.2) is 23.2 Å². The lowest BCUT2D eigenvalue weighted by molar-refractivity contribution is 0.232. The molecule has 130 valence electrons. The largest absolute Gasteiger partial charge is 0.355 e. The van der Waals surface area contributed by atoms with Gasteiger partial charge in [-0.25, -0.2) is 4.39 Å². The summed E-state index contributed by atoms with van der Waals surface area (Å²) in [4.78, 5) is 6.72. The number of rotatable bonds is 5. The molecule has 1 heterocycles. The van der Waals surface area contributed by atoms with Crippen molar-refractivity contribution in [1.82, 2.24) is 15.5 Å². The highest BCUT2D eigenvalue weighted by Gasteiger charge is 2.09. The highest BCUT2D eigenvalue weighted by atomic mass is 127. The topological polar surface area (TPSA) is 39.7 Å². The standard InChI is InChI=1S/C17H27FN4.HI/c1-14-12-15(6-7-16(14)18)13-21-17(19-2)20-8-11-22-9-4-3-5-10-22;/h6-7,12H,3-5,8-11,13H2,1-2H3,(H2,19,20,21);1H. The highest BCUT2D eigenvalue weighted by molar-refractivity contribution is 14.0. The van der Waals surface area contributed by atoms with Gasteiger partial charge in [0, 0.05) is 26.7 Å². The zero-order valence-corrected chi connectivity index (χ0v) is 16.4. The molecule has 0 aromatic heterocycles. The van der Waals surface area contributed by atoms with E-state index in [0.717, 1.165) is 24.6 Å². The molecule has 0 unspecified atom stereocenters. The Bertz CT molecular complexity index is 501. The van der Waals surface area contributed by atoms with Crippen LogP contribution in [0.2, 0.25) is 0 Å². The third-order valence-corrected chi connectivity index (χ3v) is 4.08. The maximum Gasteiger partial charge on any atom is 0.191 e. The fourth-order valence-corrected chi connectivity index (χ4v) is 2.74. The molecule has 0 radical (unpaired) electrons. The van der Waals surface area contributed by atoms with Gasteiger partial charge in [0.05, 0.1) is 0 Å². The summed E-state index contributed by atoms with van der Waals surface area (Å²) in [5.74, 6) is 0.631. The van der Waals surface area contributed by atoms with E-state index in [0.29, 0.717) is 12.1 Å². The van der Waals surface area contributed by atoms with Gasteiger partial charge < -0.3 is 15.5 Å².